The van der Waals surface area contributed by atoms with E-state index in [9.17, 15) is 9.59 Å². The predicted octanol–water partition coefficient (Wildman–Crippen LogP) is 5.18. The van der Waals surface area contributed by atoms with Gasteiger partial charge in [0.2, 0.25) is 11.8 Å². The molecule has 31 heavy (non-hydrogen) atoms. The Hall–Kier alpha value is -2.27. The molecule has 2 aromatic rings. The molecule has 166 valence electrons. The lowest BCUT2D eigenvalue weighted by Crippen LogP contribution is -2.51. The molecule has 1 fully saturated rings. The second-order valence-corrected chi connectivity index (χ2v) is 9.31. The van der Waals surface area contributed by atoms with E-state index in [0.717, 1.165) is 29.9 Å². The highest BCUT2D eigenvalue weighted by Gasteiger charge is 2.30. The van der Waals surface area contributed by atoms with Gasteiger partial charge in [0.1, 0.15) is 6.04 Å². The molecule has 2 amide bonds. The minimum absolute atomic E-state index is 0.00406. The van der Waals surface area contributed by atoms with Crippen LogP contribution in [0, 0.1) is 0 Å². The van der Waals surface area contributed by atoms with E-state index >= 15 is 0 Å². The van der Waals surface area contributed by atoms with Crippen LogP contribution in [0.25, 0.3) is 0 Å². The summed E-state index contributed by atoms with van der Waals surface area (Å²) in [5.74, 6) is 1.69. The largest absolute Gasteiger partial charge is 0.352 e. The fourth-order valence-corrected chi connectivity index (χ4v) is 5.03. The van der Waals surface area contributed by atoms with Gasteiger partial charge in [-0.15, -0.1) is 0 Å². The van der Waals surface area contributed by atoms with Crippen molar-refractivity contribution in [2.75, 3.05) is 5.75 Å². The molecular weight excluding hydrogens is 404 g/mol. The third-order valence-electron chi connectivity index (χ3n) is 5.86. The zero-order chi connectivity index (χ0) is 21.9. The topological polar surface area (TPSA) is 49.4 Å². The minimum atomic E-state index is -0.424. The normalized spacial score (nSPS) is 14.9. The van der Waals surface area contributed by atoms with Crippen molar-refractivity contribution in [3.05, 3.63) is 71.8 Å². The van der Waals surface area contributed by atoms with E-state index in [2.05, 4.69) is 17.4 Å². The second kappa shape index (κ2) is 12.6. The molecule has 2 aromatic carbocycles. The highest BCUT2D eigenvalue weighted by molar-refractivity contribution is 7.98. The van der Waals surface area contributed by atoms with Crippen molar-refractivity contribution in [2.24, 2.45) is 0 Å². The Labute approximate surface area is 190 Å². The number of benzene rings is 2. The Morgan fingerprint density at radius 2 is 1.61 bits per heavy atom. The van der Waals surface area contributed by atoms with Crippen LogP contribution in [0.15, 0.2) is 60.7 Å². The zero-order valence-corrected chi connectivity index (χ0v) is 19.3. The number of hydrogen-bond donors (Lipinski definition) is 1. The van der Waals surface area contributed by atoms with E-state index < -0.39 is 6.04 Å². The molecule has 1 aliphatic rings. The van der Waals surface area contributed by atoms with Gasteiger partial charge in [0.15, 0.2) is 0 Å². The number of rotatable bonds is 11. The van der Waals surface area contributed by atoms with Gasteiger partial charge in [-0.3, -0.25) is 9.59 Å². The third kappa shape index (κ3) is 7.42. The van der Waals surface area contributed by atoms with Gasteiger partial charge in [0.05, 0.1) is 0 Å². The summed E-state index contributed by atoms with van der Waals surface area (Å²) in [6, 6.07) is 20.1. The van der Waals surface area contributed by atoms with Crippen molar-refractivity contribution in [3.63, 3.8) is 0 Å². The number of thioether (sulfide) groups is 1. The molecule has 1 N–H and O–H groups in total. The molecule has 4 nitrogen and oxygen atoms in total. The molecule has 0 spiro atoms. The lowest BCUT2D eigenvalue weighted by Gasteiger charge is -2.31. The van der Waals surface area contributed by atoms with Crippen molar-refractivity contribution in [1.82, 2.24) is 10.2 Å². The molecular formula is C26H34N2O2S. The fraction of sp³-hybridized carbons (Fsp3) is 0.462. The number of carbonyl (C=O) groups excluding carboxylic acids is 2. The van der Waals surface area contributed by atoms with Crippen LogP contribution < -0.4 is 5.32 Å². The van der Waals surface area contributed by atoms with Crippen LogP contribution in [0.2, 0.25) is 0 Å². The van der Waals surface area contributed by atoms with Crippen molar-refractivity contribution >= 4 is 23.6 Å². The van der Waals surface area contributed by atoms with Gasteiger partial charge in [0, 0.05) is 30.5 Å². The van der Waals surface area contributed by atoms with Crippen molar-refractivity contribution in [1.29, 1.82) is 0 Å². The van der Waals surface area contributed by atoms with Gasteiger partial charge in [0.25, 0.3) is 0 Å². The summed E-state index contributed by atoms with van der Waals surface area (Å²) in [5, 5.41) is 3.20. The first-order chi connectivity index (χ1) is 15.2. The van der Waals surface area contributed by atoms with Gasteiger partial charge in [-0.1, -0.05) is 80.4 Å². The maximum absolute atomic E-state index is 13.2. The van der Waals surface area contributed by atoms with E-state index in [1.165, 1.54) is 18.4 Å². The summed E-state index contributed by atoms with van der Waals surface area (Å²) in [7, 11) is 0. The van der Waals surface area contributed by atoms with Crippen LogP contribution in [-0.2, 0) is 21.9 Å². The second-order valence-electron chi connectivity index (χ2n) is 8.21. The highest BCUT2D eigenvalue weighted by atomic mass is 32.2. The number of nitrogens with one attached hydrogen (secondary N) is 1. The molecule has 5 heteroatoms. The molecule has 1 atom stereocenters. The number of carbonyl (C=O) groups is 2. The highest BCUT2D eigenvalue weighted by Crippen LogP contribution is 2.20. The van der Waals surface area contributed by atoms with Crippen LogP contribution in [-0.4, -0.2) is 34.6 Å². The Morgan fingerprint density at radius 1 is 1.00 bits per heavy atom. The smallest absolute Gasteiger partial charge is 0.243 e. The van der Waals surface area contributed by atoms with Gasteiger partial charge >= 0.3 is 0 Å². The number of amides is 2. The molecule has 0 saturated heterocycles. The Kier molecular flexibility index (Phi) is 9.47. The van der Waals surface area contributed by atoms with Crippen LogP contribution in [0.4, 0.5) is 0 Å². The van der Waals surface area contributed by atoms with Gasteiger partial charge in [-0.05, 0) is 30.4 Å². The first kappa shape index (κ1) is 23.4. The molecule has 0 heterocycles. The van der Waals surface area contributed by atoms with Crippen LogP contribution in [0.3, 0.4) is 0 Å². The minimum Gasteiger partial charge on any atom is -0.352 e. The summed E-state index contributed by atoms with van der Waals surface area (Å²) < 4.78 is 0. The molecule has 0 radical (unpaired) electrons. The standard InChI is InChI=1S/C26H34N2O2S/c1-2-24(26(30)27-23-15-9-10-16-23)28(19-21-11-5-3-6-12-21)25(29)17-18-31-20-22-13-7-4-8-14-22/h3-8,11-14,23-24H,2,9-10,15-20H2,1H3,(H,27,30)/t24-/m0/s1. The maximum atomic E-state index is 13.2. The first-order valence-corrected chi connectivity index (χ1v) is 12.6. The number of hydrogen-bond acceptors (Lipinski definition) is 3. The van der Waals surface area contributed by atoms with Gasteiger partial charge in [-0.25, -0.2) is 0 Å². The average Bonchev–Trinajstić information content (AvgIpc) is 3.31. The molecule has 1 saturated carbocycles. The van der Waals surface area contributed by atoms with Crippen molar-refractivity contribution in [2.45, 2.75) is 69.8 Å². The Balaban J connectivity index is 1.62. The van der Waals surface area contributed by atoms with E-state index in [0.29, 0.717) is 19.4 Å². The summed E-state index contributed by atoms with van der Waals surface area (Å²) >= 11 is 1.76. The van der Waals surface area contributed by atoms with Crippen molar-refractivity contribution in [3.8, 4) is 0 Å². The Morgan fingerprint density at radius 3 is 2.23 bits per heavy atom. The van der Waals surface area contributed by atoms with Crippen LogP contribution in [0.5, 0.6) is 0 Å². The summed E-state index contributed by atoms with van der Waals surface area (Å²) in [4.78, 5) is 28.1. The number of nitrogens with zero attached hydrogens (tertiary/aromatic N) is 1. The molecule has 0 aliphatic heterocycles. The lowest BCUT2D eigenvalue weighted by atomic mass is 10.1. The zero-order valence-electron chi connectivity index (χ0n) is 18.5. The molecule has 1 aliphatic carbocycles. The van der Waals surface area contributed by atoms with Gasteiger partial charge < -0.3 is 10.2 Å². The van der Waals surface area contributed by atoms with Crippen LogP contribution >= 0.6 is 11.8 Å². The fourth-order valence-electron chi connectivity index (χ4n) is 4.13. The molecule has 3 rings (SSSR count). The average molecular weight is 439 g/mol. The van der Waals surface area contributed by atoms with E-state index in [1.807, 2.05) is 55.5 Å². The van der Waals surface area contributed by atoms with Crippen molar-refractivity contribution < 1.29 is 9.59 Å². The first-order valence-electron chi connectivity index (χ1n) is 11.4. The molecule has 0 aromatic heterocycles. The van der Waals surface area contributed by atoms with E-state index in [1.54, 1.807) is 16.7 Å². The van der Waals surface area contributed by atoms with E-state index in [-0.39, 0.29) is 17.9 Å². The molecule has 0 unspecified atom stereocenters. The summed E-state index contributed by atoms with van der Waals surface area (Å²) in [5.41, 5.74) is 2.32. The third-order valence-corrected chi connectivity index (χ3v) is 6.89. The van der Waals surface area contributed by atoms with Gasteiger partial charge in [-0.2, -0.15) is 11.8 Å². The maximum Gasteiger partial charge on any atom is 0.243 e. The monoisotopic (exact) mass is 438 g/mol. The predicted molar refractivity (Wildman–Crippen MR) is 129 cm³/mol. The molecule has 0 bridgehead atoms. The van der Waals surface area contributed by atoms with Crippen LogP contribution in [0.1, 0.15) is 56.6 Å². The summed E-state index contributed by atoms with van der Waals surface area (Å²) in [6.45, 7) is 2.47. The Bertz CT molecular complexity index is 807. The summed E-state index contributed by atoms with van der Waals surface area (Å²) in [6.07, 6.45) is 5.50. The van der Waals surface area contributed by atoms with E-state index in [4.69, 9.17) is 0 Å². The lowest BCUT2D eigenvalue weighted by molar-refractivity contribution is -0.141. The quantitative estimate of drug-likeness (QED) is 0.492. The SMILES string of the molecule is CC[C@@H](C(=O)NC1CCCC1)N(Cc1ccccc1)C(=O)CCSCc1ccccc1.